The average molecular weight is 303 g/mol. The topological polar surface area (TPSA) is 38.8 Å². The molecule has 1 fully saturated rings. The van der Waals surface area contributed by atoms with Gasteiger partial charge in [0.25, 0.3) is 0 Å². The van der Waals surface area contributed by atoms with Crippen LogP contribution >= 0.6 is 0 Å². The zero-order valence-electron chi connectivity index (χ0n) is 11.5. The molecule has 1 atom stereocenters. The molecule has 0 N–H and O–H groups in total. The Balaban J connectivity index is 1.97. The van der Waals surface area contributed by atoms with Crippen LogP contribution in [0.15, 0.2) is 24.3 Å². The molecule has 1 aliphatic rings. The van der Waals surface area contributed by atoms with Gasteiger partial charge in [0, 0.05) is 6.54 Å². The van der Waals surface area contributed by atoms with E-state index in [2.05, 4.69) is 4.90 Å². The van der Waals surface area contributed by atoms with E-state index in [4.69, 9.17) is 9.47 Å². The Morgan fingerprint density at radius 3 is 2.62 bits per heavy atom. The second-order valence-corrected chi connectivity index (χ2v) is 4.67. The molecule has 4 nitrogen and oxygen atoms in total. The Bertz CT molecular complexity index is 487. The van der Waals surface area contributed by atoms with E-state index in [1.54, 1.807) is 0 Å². The smallest absolute Gasteiger partial charge is 0.416 e. The third-order valence-electron chi connectivity index (χ3n) is 3.25. The standard InChI is InChI=1S/C14H16F3NO3/c1-2-18-7-8-20-12(9-18)21-13(19)10-3-5-11(6-4-10)14(15,16)17/h3-6,12H,2,7-9H2,1H3. The number of hydrogen-bond donors (Lipinski definition) is 0. The lowest BCUT2D eigenvalue weighted by molar-refractivity contribution is -0.150. The molecule has 0 aliphatic carbocycles. The van der Waals surface area contributed by atoms with Crippen LogP contribution in [0.3, 0.4) is 0 Å². The van der Waals surface area contributed by atoms with Gasteiger partial charge in [-0.1, -0.05) is 6.92 Å². The zero-order chi connectivity index (χ0) is 15.5. The average Bonchev–Trinajstić information content (AvgIpc) is 2.46. The van der Waals surface area contributed by atoms with Gasteiger partial charge in [-0.25, -0.2) is 4.79 Å². The van der Waals surface area contributed by atoms with E-state index in [0.29, 0.717) is 13.2 Å². The lowest BCUT2D eigenvalue weighted by atomic mass is 10.1. The van der Waals surface area contributed by atoms with Gasteiger partial charge in [0.2, 0.25) is 6.29 Å². The number of alkyl halides is 3. The minimum Gasteiger partial charge on any atom is -0.431 e. The molecule has 0 amide bonds. The van der Waals surface area contributed by atoms with E-state index < -0.39 is 24.0 Å². The van der Waals surface area contributed by atoms with Crippen molar-refractivity contribution in [2.75, 3.05) is 26.2 Å². The van der Waals surface area contributed by atoms with Crippen LogP contribution in [-0.2, 0) is 15.7 Å². The summed E-state index contributed by atoms with van der Waals surface area (Å²) in [6.45, 7) is 4.49. The number of hydrogen-bond acceptors (Lipinski definition) is 4. The van der Waals surface area contributed by atoms with Crippen LogP contribution in [-0.4, -0.2) is 43.4 Å². The molecule has 116 valence electrons. The fourth-order valence-corrected chi connectivity index (χ4v) is 2.01. The van der Waals surface area contributed by atoms with Crippen LogP contribution in [0.4, 0.5) is 13.2 Å². The van der Waals surface area contributed by atoms with Crippen LogP contribution in [0.2, 0.25) is 0 Å². The molecule has 1 unspecified atom stereocenters. The second-order valence-electron chi connectivity index (χ2n) is 4.67. The van der Waals surface area contributed by atoms with E-state index in [1.807, 2.05) is 6.92 Å². The Kier molecular flexibility index (Phi) is 4.84. The van der Waals surface area contributed by atoms with Gasteiger partial charge in [0.1, 0.15) is 0 Å². The molecule has 2 rings (SSSR count). The number of nitrogens with zero attached hydrogens (tertiary/aromatic N) is 1. The molecule has 21 heavy (non-hydrogen) atoms. The van der Waals surface area contributed by atoms with Crippen molar-refractivity contribution in [2.24, 2.45) is 0 Å². The quantitative estimate of drug-likeness (QED) is 0.804. The van der Waals surface area contributed by atoms with Crippen LogP contribution in [0.1, 0.15) is 22.8 Å². The number of carbonyl (C=O) groups excluding carboxylic acids is 1. The summed E-state index contributed by atoms with van der Waals surface area (Å²) in [6.07, 6.45) is -5.11. The fourth-order valence-electron chi connectivity index (χ4n) is 2.01. The normalized spacial score (nSPS) is 20.3. The number of morpholine rings is 1. The van der Waals surface area contributed by atoms with Gasteiger partial charge in [-0.15, -0.1) is 0 Å². The van der Waals surface area contributed by atoms with Crippen LogP contribution in [0, 0.1) is 0 Å². The van der Waals surface area contributed by atoms with Crippen molar-refractivity contribution in [1.29, 1.82) is 0 Å². The molecule has 0 radical (unpaired) electrons. The SMILES string of the molecule is CCN1CCOC(OC(=O)c2ccc(C(F)(F)F)cc2)C1. The van der Waals surface area contributed by atoms with E-state index in [0.717, 1.165) is 37.4 Å². The lowest BCUT2D eigenvalue weighted by Crippen LogP contribution is -2.44. The van der Waals surface area contributed by atoms with Gasteiger partial charge >= 0.3 is 12.1 Å². The van der Waals surface area contributed by atoms with Gasteiger partial charge in [-0.05, 0) is 30.8 Å². The third kappa shape index (κ3) is 4.18. The summed E-state index contributed by atoms with van der Waals surface area (Å²) in [5, 5.41) is 0. The maximum Gasteiger partial charge on any atom is 0.416 e. The molecule has 1 aromatic carbocycles. The predicted octanol–water partition coefficient (Wildman–Crippen LogP) is 2.54. The highest BCUT2D eigenvalue weighted by molar-refractivity contribution is 5.89. The Hall–Kier alpha value is -1.60. The maximum absolute atomic E-state index is 12.4. The van der Waals surface area contributed by atoms with Gasteiger partial charge in [0.05, 0.1) is 24.3 Å². The second kappa shape index (κ2) is 6.44. The predicted molar refractivity (Wildman–Crippen MR) is 68.7 cm³/mol. The van der Waals surface area contributed by atoms with Gasteiger partial charge in [-0.2, -0.15) is 13.2 Å². The molecule has 1 heterocycles. The van der Waals surface area contributed by atoms with E-state index in [-0.39, 0.29) is 5.56 Å². The molecule has 0 spiro atoms. The summed E-state index contributed by atoms with van der Waals surface area (Å²) >= 11 is 0. The number of likely N-dealkylation sites (N-methyl/N-ethyl adjacent to an activating group) is 1. The summed E-state index contributed by atoms with van der Waals surface area (Å²) in [4.78, 5) is 13.9. The minimum absolute atomic E-state index is 0.0696. The summed E-state index contributed by atoms with van der Waals surface area (Å²) in [5.41, 5.74) is -0.731. The van der Waals surface area contributed by atoms with Crippen molar-refractivity contribution >= 4 is 5.97 Å². The van der Waals surface area contributed by atoms with Crippen molar-refractivity contribution in [3.8, 4) is 0 Å². The van der Waals surface area contributed by atoms with E-state index in [9.17, 15) is 18.0 Å². The van der Waals surface area contributed by atoms with Crippen molar-refractivity contribution < 1.29 is 27.4 Å². The Labute approximate surface area is 120 Å². The first-order valence-electron chi connectivity index (χ1n) is 6.62. The highest BCUT2D eigenvalue weighted by Gasteiger charge is 2.30. The molecule has 0 saturated carbocycles. The molecular weight excluding hydrogens is 287 g/mol. The van der Waals surface area contributed by atoms with Crippen LogP contribution in [0.25, 0.3) is 0 Å². The first kappa shape index (κ1) is 15.8. The molecular formula is C14H16F3NO3. The maximum atomic E-state index is 12.4. The van der Waals surface area contributed by atoms with Crippen molar-refractivity contribution in [1.82, 2.24) is 4.90 Å². The first-order valence-corrected chi connectivity index (χ1v) is 6.62. The van der Waals surface area contributed by atoms with Crippen molar-refractivity contribution in [2.45, 2.75) is 19.4 Å². The minimum atomic E-state index is -4.42. The summed E-state index contributed by atoms with van der Waals surface area (Å²) in [5.74, 6) is -0.688. The molecule has 1 aromatic rings. The lowest BCUT2D eigenvalue weighted by Gasteiger charge is -2.31. The Morgan fingerprint density at radius 1 is 1.38 bits per heavy atom. The number of carbonyl (C=O) groups is 1. The van der Waals surface area contributed by atoms with Gasteiger partial charge in [-0.3, -0.25) is 4.90 Å². The first-order chi connectivity index (χ1) is 9.90. The summed E-state index contributed by atoms with van der Waals surface area (Å²) in [6, 6.07) is 3.92. The number of rotatable bonds is 3. The van der Waals surface area contributed by atoms with E-state index >= 15 is 0 Å². The van der Waals surface area contributed by atoms with Crippen molar-refractivity contribution in [3.63, 3.8) is 0 Å². The molecule has 0 aromatic heterocycles. The van der Waals surface area contributed by atoms with Crippen molar-refractivity contribution in [3.05, 3.63) is 35.4 Å². The summed E-state index contributed by atoms with van der Waals surface area (Å²) < 4.78 is 47.8. The van der Waals surface area contributed by atoms with E-state index in [1.165, 1.54) is 0 Å². The number of halogens is 3. The number of benzene rings is 1. The fraction of sp³-hybridized carbons (Fsp3) is 0.500. The summed E-state index contributed by atoms with van der Waals surface area (Å²) in [7, 11) is 0. The molecule has 7 heteroatoms. The highest BCUT2D eigenvalue weighted by Crippen LogP contribution is 2.29. The van der Waals surface area contributed by atoms with Crippen LogP contribution < -0.4 is 0 Å². The number of esters is 1. The van der Waals surface area contributed by atoms with Crippen LogP contribution in [0.5, 0.6) is 0 Å². The highest BCUT2D eigenvalue weighted by atomic mass is 19.4. The zero-order valence-corrected chi connectivity index (χ0v) is 11.5. The number of ether oxygens (including phenoxy) is 2. The molecule has 0 bridgehead atoms. The van der Waals surface area contributed by atoms with Gasteiger partial charge in [0.15, 0.2) is 0 Å². The Morgan fingerprint density at radius 2 is 2.05 bits per heavy atom. The third-order valence-corrected chi connectivity index (χ3v) is 3.25. The molecule has 1 aliphatic heterocycles. The largest absolute Gasteiger partial charge is 0.431 e. The monoisotopic (exact) mass is 303 g/mol. The van der Waals surface area contributed by atoms with Gasteiger partial charge < -0.3 is 9.47 Å². The molecule has 1 saturated heterocycles.